The number of fused-ring (bicyclic) bond motifs is 1. The fourth-order valence-corrected chi connectivity index (χ4v) is 4.26. The number of hydrazine groups is 1. The zero-order chi connectivity index (χ0) is 21.1. The quantitative estimate of drug-likeness (QED) is 0.409. The molecule has 4 rings (SSSR count). The Morgan fingerprint density at radius 1 is 1.23 bits per heavy atom. The van der Waals surface area contributed by atoms with E-state index in [1.807, 2.05) is 6.07 Å². The van der Waals surface area contributed by atoms with Crippen molar-refractivity contribution < 1.29 is 9.90 Å². The first-order valence-electron chi connectivity index (χ1n) is 9.70. The van der Waals surface area contributed by atoms with Crippen molar-refractivity contribution in [1.82, 2.24) is 15.7 Å². The zero-order valence-corrected chi connectivity index (χ0v) is 17.7. The number of carbonyl (C=O) groups is 1. The number of nitrogens with zero attached hydrogens (tertiary/aromatic N) is 1. The van der Waals surface area contributed by atoms with Gasteiger partial charge in [-0.3, -0.25) is 10.9 Å². The lowest BCUT2D eigenvalue weighted by molar-refractivity contribution is 0.0696. The zero-order valence-electron chi connectivity index (χ0n) is 16.1. The Kier molecular flexibility index (Phi) is 6.01. The Balaban J connectivity index is 1.51. The van der Waals surface area contributed by atoms with Gasteiger partial charge in [-0.25, -0.2) is 9.78 Å². The van der Waals surface area contributed by atoms with Crippen molar-refractivity contribution >= 4 is 40.7 Å². The van der Waals surface area contributed by atoms with Crippen molar-refractivity contribution in [3.05, 3.63) is 81.5 Å². The maximum atomic E-state index is 11.0. The second-order valence-corrected chi connectivity index (χ2v) is 8.03. The van der Waals surface area contributed by atoms with E-state index in [2.05, 4.69) is 51.5 Å². The van der Waals surface area contributed by atoms with Crippen LogP contribution in [-0.4, -0.2) is 21.2 Å². The number of aromatic nitrogens is 1. The fourth-order valence-electron chi connectivity index (χ4n) is 3.88. The molecule has 0 saturated carbocycles. The summed E-state index contributed by atoms with van der Waals surface area (Å²) < 4.78 is 0. The number of hydrogen-bond donors (Lipinski definition) is 4. The molecular weight excluding hydrogens is 420 g/mol. The lowest BCUT2D eigenvalue weighted by Crippen LogP contribution is -2.41. The predicted molar refractivity (Wildman–Crippen MR) is 122 cm³/mol. The normalized spacial score (nSPS) is 17.4. The van der Waals surface area contributed by atoms with Gasteiger partial charge in [-0.15, -0.1) is 0 Å². The van der Waals surface area contributed by atoms with Gasteiger partial charge in [0.2, 0.25) is 0 Å². The van der Waals surface area contributed by atoms with Crippen LogP contribution in [0.15, 0.2) is 59.8 Å². The molecule has 1 unspecified atom stereocenters. The number of halogens is 1. The molecule has 2 aliphatic carbocycles. The van der Waals surface area contributed by atoms with Crippen LogP contribution in [0.4, 0.5) is 5.82 Å². The van der Waals surface area contributed by atoms with E-state index >= 15 is 0 Å². The number of rotatable bonds is 4. The number of carboxylic acid groups (broad SMARTS) is 1. The Bertz CT molecular complexity index is 1070. The summed E-state index contributed by atoms with van der Waals surface area (Å²) in [6.07, 6.45) is 9.88. The topological polar surface area (TPSA) is 86.3 Å². The van der Waals surface area contributed by atoms with Gasteiger partial charge in [0.05, 0.1) is 16.6 Å². The Labute approximate surface area is 185 Å². The van der Waals surface area contributed by atoms with E-state index in [1.165, 1.54) is 34.5 Å². The van der Waals surface area contributed by atoms with Gasteiger partial charge in [0.1, 0.15) is 0 Å². The highest BCUT2D eigenvalue weighted by Crippen LogP contribution is 2.37. The summed E-state index contributed by atoms with van der Waals surface area (Å²) in [5.41, 5.74) is 11.1. The monoisotopic (exact) mass is 440 g/mol. The Morgan fingerprint density at radius 3 is 2.87 bits per heavy atom. The van der Waals surface area contributed by atoms with Crippen LogP contribution in [0.1, 0.15) is 46.8 Å². The molecule has 1 atom stereocenters. The third-order valence-corrected chi connectivity index (χ3v) is 5.86. The van der Waals surface area contributed by atoms with Crippen LogP contribution >= 0.6 is 23.8 Å². The average molecular weight is 441 g/mol. The highest BCUT2D eigenvalue weighted by molar-refractivity contribution is 7.80. The largest absolute Gasteiger partial charge is 0.478 e. The minimum absolute atomic E-state index is 0.0184. The highest BCUT2D eigenvalue weighted by atomic mass is 35.5. The van der Waals surface area contributed by atoms with Crippen molar-refractivity contribution in [3.63, 3.8) is 0 Å². The predicted octanol–water partition coefficient (Wildman–Crippen LogP) is 4.56. The standard InChI is InChI=1S/C22H21ClN4O2S/c23-18-11-15(21(28)29)12-24-20(18)26-27-22(30)25-19-16-7-3-1-5-13(16)9-10-14-6-2-4-8-17(14)19/h1,3-5,7-8,11-12,19H,2,6,9-10H2,(H,24,26)(H,28,29)(H2,25,27,30). The molecule has 0 saturated heterocycles. The van der Waals surface area contributed by atoms with Gasteiger partial charge < -0.3 is 10.4 Å². The first-order chi connectivity index (χ1) is 14.5. The van der Waals surface area contributed by atoms with Crippen LogP contribution in [0.2, 0.25) is 5.02 Å². The maximum Gasteiger partial charge on any atom is 0.337 e. The van der Waals surface area contributed by atoms with Gasteiger partial charge in [0, 0.05) is 6.20 Å². The Hall–Kier alpha value is -2.90. The Morgan fingerprint density at radius 2 is 2.07 bits per heavy atom. The lowest BCUT2D eigenvalue weighted by atomic mass is 9.89. The highest BCUT2D eigenvalue weighted by Gasteiger charge is 2.26. The van der Waals surface area contributed by atoms with Gasteiger partial charge in [-0.2, -0.15) is 0 Å². The van der Waals surface area contributed by atoms with E-state index in [1.54, 1.807) is 0 Å². The molecule has 0 amide bonds. The number of pyridine rings is 1. The molecule has 0 aliphatic heterocycles. The molecule has 6 nitrogen and oxygen atoms in total. The third-order valence-electron chi connectivity index (χ3n) is 5.35. The number of hydrogen-bond acceptors (Lipinski definition) is 4. The van der Waals surface area contributed by atoms with E-state index in [0.29, 0.717) is 10.9 Å². The van der Waals surface area contributed by atoms with Crippen molar-refractivity contribution in [3.8, 4) is 0 Å². The van der Waals surface area contributed by atoms with Gasteiger partial charge in [-0.1, -0.05) is 53.6 Å². The van der Waals surface area contributed by atoms with E-state index in [4.69, 9.17) is 28.9 Å². The summed E-state index contributed by atoms with van der Waals surface area (Å²) in [5.74, 6) is -0.790. The van der Waals surface area contributed by atoms with E-state index in [9.17, 15) is 4.79 Å². The number of thiocarbonyl (C=S) groups is 1. The molecule has 30 heavy (non-hydrogen) atoms. The summed E-state index contributed by atoms with van der Waals surface area (Å²) in [4.78, 5) is 15.1. The lowest BCUT2D eigenvalue weighted by Gasteiger charge is -2.26. The third kappa shape index (κ3) is 4.32. The SMILES string of the molecule is O=C(O)c1cnc(NNC(=S)NC2C3=C(CCC=C3)CCc3ccccc32)c(Cl)c1. The van der Waals surface area contributed by atoms with E-state index in [-0.39, 0.29) is 16.6 Å². The van der Waals surface area contributed by atoms with Crippen LogP contribution in [0.5, 0.6) is 0 Å². The first kappa shape index (κ1) is 20.4. The summed E-state index contributed by atoms with van der Waals surface area (Å²) in [6, 6.07) is 9.73. The van der Waals surface area contributed by atoms with Gasteiger partial charge >= 0.3 is 5.97 Å². The van der Waals surface area contributed by atoms with Crippen molar-refractivity contribution in [2.75, 3.05) is 5.43 Å². The average Bonchev–Trinajstić information content (AvgIpc) is 2.90. The molecule has 1 aromatic carbocycles. The minimum Gasteiger partial charge on any atom is -0.478 e. The van der Waals surface area contributed by atoms with Crippen LogP contribution in [0, 0.1) is 0 Å². The molecular formula is C22H21ClN4O2S. The maximum absolute atomic E-state index is 11.0. The van der Waals surface area contributed by atoms with E-state index in [0.717, 1.165) is 25.7 Å². The molecule has 2 aromatic rings. The van der Waals surface area contributed by atoms with Crippen LogP contribution < -0.4 is 16.2 Å². The number of allylic oxidation sites excluding steroid dienone is 2. The summed E-state index contributed by atoms with van der Waals surface area (Å²) in [6.45, 7) is 0. The number of benzene rings is 1. The molecule has 0 spiro atoms. The molecule has 2 aliphatic rings. The van der Waals surface area contributed by atoms with Crippen molar-refractivity contribution in [1.29, 1.82) is 0 Å². The molecule has 1 heterocycles. The smallest absolute Gasteiger partial charge is 0.337 e. The molecule has 1 aromatic heterocycles. The summed E-state index contributed by atoms with van der Waals surface area (Å²) in [7, 11) is 0. The second-order valence-electron chi connectivity index (χ2n) is 7.21. The fraction of sp³-hybridized carbons (Fsp3) is 0.227. The molecule has 8 heteroatoms. The van der Waals surface area contributed by atoms with Crippen molar-refractivity contribution in [2.24, 2.45) is 0 Å². The minimum atomic E-state index is -1.09. The number of nitrogens with one attached hydrogen (secondary N) is 3. The second kappa shape index (κ2) is 8.85. The summed E-state index contributed by atoms with van der Waals surface area (Å²) in [5, 5.41) is 13.0. The number of aromatic carboxylic acids is 1. The number of carboxylic acids is 1. The number of anilines is 1. The number of aryl methyl sites for hydroxylation is 1. The van der Waals surface area contributed by atoms with Gasteiger partial charge in [-0.05, 0) is 60.7 Å². The summed E-state index contributed by atoms with van der Waals surface area (Å²) >= 11 is 11.6. The van der Waals surface area contributed by atoms with Crippen LogP contribution in [-0.2, 0) is 6.42 Å². The van der Waals surface area contributed by atoms with Gasteiger partial charge in [0.15, 0.2) is 10.9 Å². The molecule has 0 fully saturated rings. The van der Waals surface area contributed by atoms with Crippen LogP contribution in [0.3, 0.4) is 0 Å². The molecule has 0 radical (unpaired) electrons. The molecule has 0 bridgehead atoms. The van der Waals surface area contributed by atoms with Crippen LogP contribution in [0.25, 0.3) is 0 Å². The first-order valence-corrected chi connectivity index (χ1v) is 10.5. The molecule has 154 valence electrons. The van der Waals surface area contributed by atoms with E-state index < -0.39 is 5.97 Å². The van der Waals surface area contributed by atoms with Crippen molar-refractivity contribution in [2.45, 2.75) is 31.7 Å². The molecule has 4 N–H and O–H groups in total. The van der Waals surface area contributed by atoms with Gasteiger partial charge in [0.25, 0.3) is 0 Å².